The zero-order chi connectivity index (χ0) is 31.0. The highest BCUT2D eigenvalue weighted by Crippen LogP contribution is 2.60. The topological polar surface area (TPSA) is 103 Å². The molecular weight excluding hydrogens is 577 g/mol. The molecule has 1 spiro atoms. The molecule has 3 unspecified atom stereocenters. The highest BCUT2D eigenvalue weighted by molar-refractivity contribution is 5.78. The van der Waals surface area contributed by atoms with Crippen molar-refractivity contribution >= 4 is 5.97 Å². The zero-order valence-corrected chi connectivity index (χ0v) is 23.9. The van der Waals surface area contributed by atoms with E-state index in [1.165, 1.54) is 29.2 Å². The van der Waals surface area contributed by atoms with E-state index in [0.717, 1.165) is 17.7 Å². The molecule has 44 heavy (non-hydrogen) atoms. The Morgan fingerprint density at radius 2 is 1.93 bits per heavy atom. The SMILES string of the molecule is CC(C)(O)Cn1cc(-c2cc(F)c(Oc3ccc(F)c4c3CCC4Oc3ccc4c(c3)OCC43CC3C(=O)O)cc2F)cn1. The van der Waals surface area contributed by atoms with Crippen molar-refractivity contribution in [2.75, 3.05) is 6.61 Å². The van der Waals surface area contributed by atoms with E-state index in [2.05, 4.69) is 5.10 Å². The number of carbonyl (C=O) groups is 1. The molecule has 1 aliphatic heterocycles. The van der Waals surface area contributed by atoms with Gasteiger partial charge in [0.1, 0.15) is 35.0 Å². The van der Waals surface area contributed by atoms with Gasteiger partial charge < -0.3 is 24.4 Å². The lowest BCUT2D eigenvalue weighted by Gasteiger charge is -2.18. The normalized spacial score (nSPS) is 21.6. The molecule has 2 aliphatic carbocycles. The number of carboxylic acids is 1. The number of halogens is 3. The molecule has 0 amide bonds. The molecule has 8 nitrogen and oxygen atoms in total. The molecule has 3 aromatic carbocycles. The molecule has 4 aromatic rings. The van der Waals surface area contributed by atoms with E-state index in [1.54, 1.807) is 26.0 Å². The van der Waals surface area contributed by atoms with Gasteiger partial charge in [-0.15, -0.1) is 0 Å². The van der Waals surface area contributed by atoms with Crippen molar-refractivity contribution < 1.29 is 42.4 Å². The molecule has 1 aromatic heterocycles. The maximum absolute atomic E-state index is 15.2. The van der Waals surface area contributed by atoms with Crippen molar-refractivity contribution in [1.29, 1.82) is 0 Å². The fourth-order valence-corrected chi connectivity index (χ4v) is 6.43. The van der Waals surface area contributed by atoms with Crippen LogP contribution in [0.4, 0.5) is 13.2 Å². The number of carboxylic acid groups (broad SMARTS) is 1. The number of aliphatic carboxylic acids is 1. The molecule has 0 saturated heterocycles. The Kier molecular flexibility index (Phi) is 6.44. The number of ether oxygens (including phenoxy) is 3. The van der Waals surface area contributed by atoms with E-state index in [-0.39, 0.29) is 29.2 Å². The molecule has 7 rings (SSSR count). The molecule has 3 atom stereocenters. The van der Waals surface area contributed by atoms with Crippen LogP contribution in [0.2, 0.25) is 0 Å². The molecule has 11 heteroatoms. The fourth-order valence-electron chi connectivity index (χ4n) is 6.43. The second-order valence-electron chi connectivity index (χ2n) is 12.4. The quantitative estimate of drug-likeness (QED) is 0.242. The number of nitrogens with zero attached hydrogens (tertiary/aromatic N) is 2. The van der Waals surface area contributed by atoms with Gasteiger partial charge in [-0.2, -0.15) is 5.10 Å². The molecular formula is C33H29F3N2O6. The summed E-state index contributed by atoms with van der Waals surface area (Å²) >= 11 is 0. The maximum Gasteiger partial charge on any atom is 0.307 e. The van der Waals surface area contributed by atoms with Crippen molar-refractivity contribution in [3.63, 3.8) is 0 Å². The third-order valence-electron chi connectivity index (χ3n) is 8.60. The van der Waals surface area contributed by atoms with Crippen LogP contribution in [-0.2, 0) is 23.2 Å². The number of hydrogen-bond donors (Lipinski definition) is 2. The molecule has 1 saturated carbocycles. The number of fused-ring (bicyclic) bond motifs is 3. The van der Waals surface area contributed by atoms with Crippen molar-refractivity contribution in [2.24, 2.45) is 5.92 Å². The third-order valence-corrected chi connectivity index (χ3v) is 8.60. The van der Waals surface area contributed by atoms with Gasteiger partial charge in [-0.25, -0.2) is 13.2 Å². The summed E-state index contributed by atoms with van der Waals surface area (Å²) < 4.78 is 64.7. The number of aliphatic hydroxyl groups is 1. The molecule has 1 fully saturated rings. The van der Waals surface area contributed by atoms with Gasteiger partial charge in [0.05, 0.1) is 30.9 Å². The predicted molar refractivity (Wildman–Crippen MR) is 151 cm³/mol. The van der Waals surface area contributed by atoms with Crippen LogP contribution in [0, 0.1) is 23.4 Å². The molecule has 2 N–H and O–H groups in total. The molecule has 3 aliphatic rings. The Balaban J connectivity index is 1.11. The van der Waals surface area contributed by atoms with Gasteiger partial charge in [-0.1, -0.05) is 6.07 Å². The average Bonchev–Trinajstić information content (AvgIpc) is 3.21. The van der Waals surface area contributed by atoms with E-state index >= 15 is 13.2 Å². The number of hydrogen-bond acceptors (Lipinski definition) is 6. The summed E-state index contributed by atoms with van der Waals surface area (Å²) in [4.78, 5) is 11.5. The van der Waals surface area contributed by atoms with Crippen LogP contribution >= 0.6 is 0 Å². The second kappa shape index (κ2) is 10.0. The number of rotatable bonds is 8. The van der Waals surface area contributed by atoms with Gasteiger partial charge in [-0.05, 0) is 57.4 Å². The van der Waals surface area contributed by atoms with E-state index in [9.17, 15) is 15.0 Å². The Hall–Kier alpha value is -4.51. The van der Waals surface area contributed by atoms with Gasteiger partial charge in [0.25, 0.3) is 0 Å². The summed E-state index contributed by atoms with van der Waals surface area (Å²) in [7, 11) is 0. The smallest absolute Gasteiger partial charge is 0.307 e. The lowest BCUT2D eigenvalue weighted by atomic mass is 9.95. The van der Waals surface area contributed by atoms with Crippen LogP contribution in [0.5, 0.6) is 23.0 Å². The fraction of sp³-hybridized carbons (Fsp3) is 0.333. The molecule has 228 valence electrons. The maximum atomic E-state index is 15.2. The Labute approximate surface area is 250 Å². The summed E-state index contributed by atoms with van der Waals surface area (Å²) in [5, 5.41) is 23.6. The van der Waals surface area contributed by atoms with Crippen LogP contribution in [-0.4, -0.2) is 38.2 Å². The van der Waals surface area contributed by atoms with E-state index in [4.69, 9.17) is 14.2 Å². The highest BCUT2D eigenvalue weighted by atomic mass is 19.1. The van der Waals surface area contributed by atoms with Crippen LogP contribution in [0.1, 0.15) is 49.5 Å². The second-order valence-corrected chi connectivity index (χ2v) is 12.4. The van der Waals surface area contributed by atoms with Gasteiger partial charge in [0, 0.05) is 51.6 Å². The van der Waals surface area contributed by atoms with E-state index in [0.29, 0.717) is 48.5 Å². The number of benzene rings is 3. The van der Waals surface area contributed by atoms with Crippen LogP contribution in [0.25, 0.3) is 11.1 Å². The number of aromatic nitrogens is 2. The van der Waals surface area contributed by atoms with E-state index in [1.807, 2.05) is 6.07 Å². The zero-order valence-electron chi connectivity index (χ0n) is 23.9. The average molecular weight is 607 g/mol. The van der Waals surface area contributed by atoms with Crippen molar-refractivity contribution in [3.05, 3.63) is 89.0 Å². The summed E-state index contributed by atoms with van der Waals surface area (Å²) in [6.45, 7) is 3.71. The largest absolute Gasteiger partial charge is 0.492 e. The summed E-state index contributed by atoms with van der Waals surface area (Å²) in [6, 6.07) is 9.81. The van der Waals surface area contributed by atoms with Crippen LogP contribution < -0.4 is 14.2 Å². The third kappa shape index (κ3) is 4.85. The lowest BCUT2D eigenvalue weighted by molar-refractivity contribution is -0.139. The standard InChI is InChI=1S/C33H29F3N2O6/c1-32(2,41)15-38-14-17(13-37-38)20-10-25(36)29(11-24(20)35)44-26-8-6-23(34)30-19(26)4-7-27(30)43-18-3-5-21-28(9-18)42-16-33(21)12-22(33)31(39)40/h3,5-6,8-11,13-14,22,27,41H,4,7,12,15-16H2,1-2H3,(H,39,40). The minimum atomic E-state index is -1.03. The first-order valence-corrected chi connectivity index (χ1v) is 14.3. The molecule has 2 heterocycles. The Morgan fingerprint density at radius 1 is 1.11 bits per heavy atom. The minimum absolute atomic E-state index is 0.0148. The van der Waals surface area contributed by atoms with Gasteiger partial charge in [-0.3, -0.25) is 9.48 Å². The van der Waals surface area contributed by atoms with Crippen molar-refractivity contribution in [3.8, 4) is 34.1 Å². The summed E-state index contributed by atoms with van der Waals surface area (Å²) in [5.41, 5.74) is 0.422. The lowest BCUT2D eigenvalue weighted by Crippen LogP contribution is -2.26. The van der Waals surface area contributed by atoms with Gasteiger partial charge in [0.15, 0.2) is 11.6 Å². The van der Waals surface area contributed by atoms with Crippen LogP contribution in [0.15, 0.2) is 54.9 Å². The first-order valence-electron chi connectivity index (χ1n) is 14.3. The first kappa shape index (κ1) is 28.3. The first-order chi connectivity index (χ1) is 20.9. The van der Waals surface area contributed by atoms with Crippen LogP contribution in [0.3, 0.4) is 0 Å². The Morgan fingerprint density at radius 3 is 2.68 bits per heavy atom. The van der Waals surface area contributed by atoms with E-state index < -0.39 is 46.5 Å². The molecule has 0 radical (unpaired) electrons. The Bertz CT molecular complexity index is 1820. The predicted octanol–water partition coefficient (Wildman–Crippen LogP) is 6.33. The van der Waals surface area contributed by atoms with Gasteiger partial charge in [0.2, 0.25) is 0 Å². The van der Waals surface area contributed by atoms with Crippen molar-refractivity contribution in [1.82, 2.24) is 9.78 Å². The monoisotopic (exact) mass is 606 g/mol. The summed E-state index contributed by atoms with van der Waals surface area (Å²) in [5.74, 6) is -2.49. The minimum Gasteiger partial charge on any atom is -0.492 e. The highest BCUT2D eigenvalue weighted by Gasteiger charge is 2.63. The molecule has 0 bridgehead atoms. The van der Waals surface area contributed by atoms with Gasteiger partial charge >= 0.3 is 5.97 Å². The van der Waals surface area contributed by atoms with Crippen molar-refractivity contribution in [2.45, 2.75) is 56.8 Å². The summed E-state index contributed by atoms with van der Waals surface area (Å²) in [6.07, 6.45) is 3.61.